The highest BCUT2D eigenvalue weighted by Crippen LogP contribution is 2.53. The number of aliphatic hydroxyl groups is 1. The van der Waals surface area contributed by atoms with Crippen LogP contribution in [-0.2, 0) is 9.53 Å². The number of fused-ring (bicyclic) bond motifs is 3. The van der Waals surface area contributed by atoms with Crippen molar-refractivity contribution in [2.24, 2.45) is 17.8 Å². The first-order valence-electron chi connectivity index (χ1n) is 6.71. The number of allylic oxidation sites excluding steroid dienone is 1. The Morgan fingerprint density at radius 3 is 2.78 bits per heavy atom. The van der Waals surface area contributed by atoms with Crippen LogP contribution in [0.1, 0.15) is 32.6 Å². The van der Waals surface area contributed by atoms with Crippen molar-refractivity contribution in [2.75, 3.05) is 0 Å². The van der Waals surface area contributed by atoms with Gasteiger partial charge in [-0.15, -0.1) is 0 Å². The monoisotopic (exact) mass is 248 g/mol. The highest BCUT2D eigenvalue weighted by molar-refractivity contribution is 5.90. The average molecular weight is 248 g/mol. The normalized spacial score (nSPS) is 47.6. The summed E-state index contributed by atoms with van der Waals surface area (Å²) in [5.41, 5.74) is 1.03. The molecular weight excluding hydrogens is 228 g/mol. The molecule has 3 aliphatic rings. The summed E-state index contributed by atoms with van der Waals surface area (Å²) in [6.07, 6.45) is 3.29. The number of rotatable bonds is 0. The molecule has 3 heteroatoms. The zero-order valence-corrected chi connectivity index (χ0v) is 10.8. The van der Waals surface area contributed by atoms with Crippen LogP contribution in [0.15, 0.2) is 24.3 Å². The molecule has 2 saturated carbocycles. The third-order valence-electron chi connectivity index (χ3n) is 5.12. The third-order valence-corrected chi connectivity index (χ3v) is 5.12. The molecule has 1 saturated heterocycles. The van der Waals surface area contributed by atoms with Crippen LogP contribution < -0.4 is 0 Å². The first-order chi connectivity index (χ1) is 8.42. The molecular formula is C15H20O3. The van der Waals surface area contributed by atoms with Crippen LogP contribution in [0.4, 0.5) is 0 Å². The van der Waals surface area contributed by atoms with E-state index in [1.54, 1.807) is 0 Å². The maximum absolute atomic E-state index is 11.7. The molecule has 0 amide bonds. The van der Waals surface area contributed by atoms with E-state index < -0.39 is 5.60 Å². The summed E-state index contributed by atoms with van der Waals surface area (Å²) in [7, 11) is 0. The number of ether oxygens (including phenoxy) is 1. The Morgan fingerprint density at radius 1 is 1.33 bits per heavy atom. The van der Waals surface area contributed by atoms with Gasteiger partial charge in [0.25, 0.3) is 0 Å². The lowest BCUT2D eigenvalue weighted by atomic mass is 9.77. The number of esters is 1. The van der Waals surface area contributed by atoms with E-state index in [0.717, 1.165) is 25.7 Å². The predicted molar refractivity (Wildman–Crippen MR) is 67.7 cm³/mol. The number of carbonyl (C=O) groups is 1. The van der Waals surface area contributed by atoms with Crippen LogP contribution in [0.3, 0.4) is 0 Å². The van der Waals surface area contributed by atoms with Crippen molar-refractivity contribution in [3.63, 3.8) is 0 Å². The van der Waals surface area contributed by atoms with Gasteiger partial charge in [0.05, 0.1) is 5.60 Å². The molecule has 1 aliphatic heterocycles. The molecule has 0 aromatic heterocycles. The molecule has 0 aromatic carbocycles. The Labute approximate surface area is 108 Å². The van der Waals surface area contributed by atoms with Gasteiger partial charge in [-0.3, -0.25) is 0 Å². The Kier molecular flexibility index (Phi) is 2.46. The van der Waals surface area contributed by atoms with E-state index in [1.165, 1.54) is 5.57 Å². The molecule has 3 nitrogen and oxygen atoms in total. The standard InChI is InChI=1S/C15H20O3/c1-8-4-5-11-9(2)14(16)18-13(11)12-10(8)6-7-15(12,3)17/h10-13,17H,1-2,4-7H2,3H3/t10-,11?,12-,13-,15+/m0/s1. The molecule has 0 radical (unpaired) electrons. The highest BCUT2D eigenvalue weighted by atomic mass is 16.6. The fourth-order valence-electron chi connectivity index (χ4n) is 4.09. The second-order valence-electron chi connectivity index (χ2n) is 6.23. The molecule has 18 heavy (non-hydrogen) atoms. The van der Waals surface area contributed by atoms with Crippen molar-refractivity contribution in [1.29, 1.82) is 0 Å². The summed E-state index contributed by atoms with van der Waals surface area (Å²) in [6, 6.07) is 0. The van der Waals surface area contributed by atoms with Gasteiger partial charge in [0, 0.05) is 17.4 Å². The van der Waals surface area contributed by atoms with Gasteiger partial charge in [-0.2, -0.15) is 0 Å². The molecule has 3 rings (SSSR count). The van der Waals surface area contributed by atoms with Gasteiger partial charge >= 0.3 is 5.97 Å². The lowest BCUT2D eigenvalue weighted by Crippen LogP contribution is -2.42. The first kappa shape index (κ1) is 12.0. The Bertz CT molecular complexity index is 435. The van der Waals surface area contributed by atoms with Crippen molar-refractivity contribution in [1.82, 2.24) is 0 Å². The van der Waals surface area contributed by atoms with Crippen LogP contribution in [0.25, 0.3) is 0 Å². The number of hydrogen-bond donors (Lipinski definition) is 1. The van der Waals surface area contributed by atoms with Gasteiger partial charge < -0.3 is 9.84 Å². The minimum absolute atomic E-state index is 0.0132. The Balaban J connectivity index is 2.02. The molecule has 1 N–H and O–H groups in total. The van der Waals surface area contributed by atoms with Crippen LogP contribution in [0.2, 0.25) is 0 Å². The summed E-state index contributed by atoms with van der Waals surface area (Å²) < 4.78 is 5.52. The summed E-state index contributed by atoms with van der Waals surface area (Å²) in [5.74, 6) is 0.0576. The third kappa shape index (κ3) is 1.50. The van der Waals surface area contributed by atoms with Gasteiger partial charge in [-0.1, -0.05) is 18.7 Å². The Morgan fingerprint density at radius 2 is 2.06 bits per heavy atom. The van der Waals surface area contributed by atoms with Crippen LogP contribution in [-0.4, -0.2) is 22.8 Å². The molecule has 98 valence electrons. The van der Waals surface area contributed by atoms with Gasteiger partial charge in [-0.25, -0.2) is 4.79 Å². The zero-order valence-electron chi connectivity index (χ0n) is 10.8. The smallest absolute Gasteiger partial charge is 0.334 e. The van der Waals surface area contributed by atoms with Crippen molar-refractivity contribution in [2.45, 2.75) is 44.3 Å². The molecule has 2 aliphatic carbocycles. The fraction of sp³-hybridized carbons (Fsp3) is 0.667. The maximum Gasteiger partial charge on any atom is 0.334 e. The summed E-state index contributed by atoms with van der Waals surface area (Å²) in [4.78, 5) is 11.7. The van der Waals surface area contributed by atoms with E-state index in [9.17, 15) is 9.90 Å². The number of carbonyl (C=O) groups excluding carboxylic acids is 1. The largest absolute Gasteiger partial charge is 0.458 e. The van der Waals surface area contributed by atoms with Crippen LogP contribution in [0, 0.1) is 17.8 Å². The summed E-state index contributed by atoms with van der Waals surface area (Å²) >= 11 is 0. The molecule has 1 unspecified atom stereocenters. The summed E-state index contributed by atoms with van der Waals surface area (Å²) in [6.45, 7) is 9.90. The zero-order chi connectivity index (χ0) is 13.1. The van der Waals surface area contributed by atoms with Crippen molar-refractivity contribution >= 4 is 5.97 Å². The molecule has 0 aromatic rings. The van der Waals surface area contributed by atoms with Gasteiger partial charge in [0.2, 0.25) is 0 Å². The van der Waals surface area contributed by atoms with Crippen molar-refractivity contribution < 1.29 is 14.6 Å². The summed E-state index contributed by atoms with van der Waals surface area (Å²) in [5, 5.41) is 10.6. The van der Waals surface area contributed by atoms with Crippen LogP contribution >= 0.6 is 0 Å². The lowest BCUT2D eigenvalue weighted by Gasteiger charge is -2.34. The second kappa shape index (κ2) is 3.70. The lowest BCUT2D eigenvalue weighted by molar-refractivity contribution is -0.146. The predicted octanol–water partition coefficient (Wildman–Crippen LogP) is 2.21. The molecule has 1 heterocycles. The average Bonchev–Trinajstić information content (AvgIpc) is 2.69. The van der Waals surface area contributed by atoms with E-state index in [-0.39, 0.29) is 29.8 Å². The quantitative estimate of drug-likeness (QED) is 0.406. The van der Waals surface area contributed by atoms with Gasteiger partial charge in [-0.05, 0) is 38.5 Å². The van der Waals surface area contributed by atoms with Gasteiger partial charge in [0.1, 0.15) is 6.10 Å². The molecule has 0 spiro atoms. The van der Waals surface area contributed by atoms with E-state index >= 15 is 0 Å². The first-order valence-corrected chi connectivity index (χ1v) is 6.71. The van der Waals surface area contributed by atoms with E-state index in [2.05, 4.69) is 13.2 Å². The molecule has 0 bridgehead atoms. The minimum Gasteiger partial charge on any atom is -0.458 e. The second-order valence-corrected chi connectivity index (χ2v) is 6.23. The van der Waals surface area contributed by atoms with Crippen LogP contribution in [0.5, 0.6) is 0 Å². The van der Waals surface area contributed by atoms with E-state index in [1.807, 2.05) is 6.92 Å². The van der Waals surface area contributed by atoms with Gasteiger partial charge in [0.15, 0.2) is 0 Å². The fourth-order valence-corrected chi connectivity index (χ4v) is 4.09. The SMILES string of the molecule is C=C1C(=O)O[C@H]2C1CCC(=C)[C@@H]1CC[C@@](C)(O)[C@@H]12. The highest BCUT2D eigenvalue weighted by Gasteiger charge is 2.56. The van der Waals surface area contributed by atoms with Crippen molar-refractivity contribution in [3.8, 4) is 0 Å². The van der Waals surface area contributed by atoms with Crippen molar-refractivity contribution in [3.05, 3.63) is 24.3 Å². The molecule has 5 atom stereocenters. The number of hydrogen-bond acceptors (Lipinski definition) is 3. The topological polar surface area (TPSA) is 46.5 Å². The maximum atomic E-state index is 11.7. The minimum atomic E-state index is -0.758. The molecule has 3 fully saturated rings. The van der Waals surface area contributed by atoms with E-state index in [4.69, 9.17) is 4.74 Å². The Hall–Kier alpha value is -1.09. The van der Waals surface area contributed by atoms with E-state index in [0.29, 0.717) is 5.57 Å².